The minimum absolute atomic E-state index is 0.145. The zero-order valence-corrected chi connectivity index (χ0v) is 18.1. The molecular weight excluding hydrogens is 372 g/mol. The summed E-state index contributed by atoms with van der Waals surface area (Å²) in [5.74, 6) is -0.513. The molecule has 0 heterocycles. The highest BCUT2D eigenvalue weighted by Gasteiger charge is 2.40. The molecule has 3 aromatic carbocycles. The van der Waals surface area contributed by atoms with Crippen molar-refractivity contribution in [3.05, 3.63) is 107 Å². The number of esters is 1. The molecule has 0 aromatic heterocycles. The standard InChI is InChI=1S/C27H30O3/c1-5-24(20-12-8-6-9-13-20)27(29,22-14-10-7-11-15-22)23-18-16-21(17-19-23)25(28)30-26(2,3)4/h6-19,24,29H,5H2,1-4H3/t24-,27-/m0/s1. The predicted molar refractivity (Wildman–Crippen MR) is 121 cm³/mol. The van der Waals surface area contributed by atoms with Crippen LogP contribution in [-0.2, 0) is 10.3 Å². The van der Waals surface area contributed by atoms with E-state index in [4.69, 9.17) is 4.74 Å². The Morgan fingerprint density at radius 1 is 0.833 bits per heavy atom. The van der Waals surface area contributed by atoms with Crippen molar-refractivity contribution in [3.63, 3.8) is 0 Å². The fourth-order valence-corrected chi connectivity index (χ4v) is 3.92. The van der Waals surface area contributed by atoms with Gasteiger partial charge in [-0.15, -0.1) is 0 Å². The van der Waals surface area contributed by atoms with E-state index in [9.17, 15) is 9.90 Å². The number of ether oxygens (including phenoxy) is 1. The van der Waals surface area contributed by atoms with Gasteiger partial charge in [-0.1, -0.05) is 79.7 Å². The van der Waals surface area contributed by atoms with Crippen molar-refractivity contribution >= 4 is 5.97 Å². The predicted octanol–water partition coefficient (Wildman–Crippen LogP) is 6.07. The highest BCUT2D eigenvalue weighted by atomic mass is 16.6. The molecule has 0 unspecified atom stereocenters. The maximum absolute atomic E-state index is 12.4. The lowest BCUT2D eigenvalue weighted by Crippen LogP contribution is -2.35. The minimum Gasteiger partial charge on any atom is -0.456 e. The molecule has 3 heteroatoms. The second-order valence-electron chi connectivity index (χ2n) is 8.58. The third kappa shape index (κ3) is 4.63. The number of benzene rings is 3. The average molecular weight is 403 g/mol. The van der Waals surface area contributed by atoms with Gasteiger partial charge in [-0.05, 0) is 56.0 Å². The van der Waals surface area contributed by atoms with Gasteiger partial charge in [-0.3, -0.25) is 0 Å². The molecule has 30 heavy (non-hydrogen) atoms. The van der Waals surface area contributed by atoms with Crippen molar-refractivity contribution in [3.8, 4) is 0 Å². The van der Waals surface area contributed by atoms with Gasteiger partial charge in [-0.2, -0.15) is 0 Å². The number of rotatable bonds is 6. The van der Waals surface area contributed by atoms with Crippen molar-refractivity contribution in [2.75, 3.05) is 0 Å². The Labute approximate surface area is 179 Å². The van der Waals surface area contributed by atoms with Gasteiger partial charge in [0.1, 0.15) is 11.2 Å². The van der Waals surface area contributed by atoms with E-state index in [2.05, 4.69) is 19.1 Å². The summed E-state index contributed by atoms with van der Waals surface area (Å²) < 4.78 is 5.47. The maximum atomic E-state index is 12.4. The highest BCUT2D eigenvalue weighted by Crippen LogP contribution is 2.44. The molecule has 0 saturated heterocycles. The van der Waals surface area contributed by atoms with Gasteiger partial charge in [0.25, 0.3) is 0 Å². The molecule has 0 saturated carbocycles. The molecule has 0 amide bonds. The first-order chi connectivity index (χ1) is 14.3. The molecule has 1 N–H and O–H groups in total. The Kier molecular flexibility index (Phi) is 6.42. The fraction of sp³-hybridized carbons (Fsp3) is 0.296. The van der Waals surface area contributed by atoms with Gasteiger partial charge in [0, 0.05) is 5.92 Å². The summed E-state index contributed by atoms with van der Waals surface area (Å²) >= 11 is 0. The van der Waals surface area contributed by atoms with Gasteiger partial charge in [0.2, 0.25) is 0 Å². The first-order valence-corrected chi connectivity index (χ1v) is 10.4. The Balaban J connectivity index is 2.07. The van der Waals surface area contributed by atoms with Crippen molar-refractivity contribution in [1.82, 2.24) is 0 Å². The van der Waals surface area contributed by atoms with Crippen LogP contribution in [0.1, 0.15) is 67.1 Å². The lowest BCUT2D eigenvalue weighted by molar-refractivity contribution is 0.00687. The first-order valence-electron chi connectivity index (χ1n) is 10.4. The van der Waals surface area contributed by atoms with E-state index in [-0.39, 0.29) is 11.9 Å². The summed E-state index contributed by atoms with van der Waals surface area (Å²) in [6, 6.07) is 26.9. The van der Waals surface area contributed by atoms with E-state index >= 15 is 0 Å². The lowest BCUT2D eigenvalue weighted by atomic mass is 9.72. The molecule has 3 nitrogen and oxygen atoms in total. The molecule has 0 fully saturated rings. The SMILES string of the molecule is CC[C@@H](c1ccccc1)[C@](O)(c1ccccc1)c1ccc(C(=O)OC(C)(C)C)cc1. The highest BCUT2D eigenvalue weighted by molar-refractivity contribution is 5.89. The molecule has 0 aliphatic carbocycles. The maximum Gasteiger partial charge on any atom is 0.338 e. The number of hydrogen-bond donors (Lipinski definition) is 1. The van der Waals surface area contributed by atoms with E-state index < -0.39 is 11.2 Å². The smallest absolute Gasteiger partial charge is 0.338 e. The number of carbonyl (C=O) groups excluding carboxylic acids is 1. The Hall–Kier alpha value is -2.91. The van der Waals surface area contributed by atoms with Crippen LogP contribution in [0.25, 0.3) is 0 Å². The van der Waals surface area contributed by atoms with Gasteiger partial charge in [-0.25, -0.2) is 4.79 Å². The lowest BCUT2D eigenvalue weighted by Gasteiger charge is -2.37. The van der Waals surface area contributed by atoms with Gasteiger partial charge in [0.15, 0.2) is 0 Å². The van der Waals surface area contributed by atoms with Crippen molar-refractivity contribution in [1.29, 1.82) is 0 Å². The molecule has 0 spiro atoms. The summed E-state index contributed by atoms with van der Waals surface area (Å²) in [7, 11) is 0. The normalized spacial score (nSPS) is 14.6. The van der Waals surface area contributed by atoms with Crippen LogP contribution in [-0.4, -0.2) is 16.7 Å². The van der Waals surface area contributed by atoms with Crippen LogP contribution in [0.2, 0.25) is 0 Å². The molecule has 156 valence electrons. The number of hydrogen-bond acceptors (Lipinski definition) is 3. The molecule has 0 bridgehead atoms. The summed E-state index contributed by atoms with van der Waals surface area (Å²) in [5, 5.41) is 12.2. The Bertz CT molecular complexity index is 956. The van der Waals surface area contributed by atoms with E-state index in [1.54, 1.807) is 12.1 Å². The molecule has 0 aliphatic rings. The molecule has 0 radical (unpaired) electrons. The summed E-state index contributed by atoms with van der Waals surface area (Å²) in [4.78, 5) is 12.4. The molecule has 2 atom stereocenters. The largest absolute Gasteiger partial charge is 0.456 e. The molecule has 3 aromatic rings. The third-order valence-corrected chi connectivity index (χ3v) is 5.29. The zero-order chi connectivity index (χ0) is 21.8. The minimum atomic E-state index is -1.23. The van der Waals surface area contributed by atoms with Crippen LogP contribution >= 0.6 is 0 Å². The fourth-order valence-electron chi connectivity index (χ4n) is 3.92. The zero-order valence-electron chi connectivity index (χ0n) is 18.1. The first kappa shape index (κ1) is 21.8. The Morgan fingerprint density at radius 2 is 1.33 bits per heavy atom. The second-order valence-corrected chi connectivity index (χ2v) is 8.58. The van der Waals surface area contributed by atoms with Crippen LogP contribution in [0.15, 0.2) is 84.9 Å². The topological polar surface area (TPSA) is 46.5 Å². The quantitative estimate of drug-likeness (QED) is 0.509. The third-order valence-electron chi connectivity index (χ3n) is 5.29. The van der Waals surface area contributed by atoms with Crippen molar-refractivity contribution in [2.45, 2.75) is 51.2 Å². The molecular formula is C27H30O3. The Morgan fingerprint density at radius 3 is 1.83 bits per heavy atom. The summed E-state index contributed by atoms with van der Waals surface area (Å²) in [5.41, 5.74) is 1.33. The summed E-state index contributed by atoms with van der Waals surface area (Å²) in [6.45, 7) is 7.62. The van der Waals surface area contributed by atoms with E-state index in [0.717, 1.165) is 23.1 Å². The molecule has 0 aliphatic heterocycles. The van der Waals surface area contributed by atoms with E-state index in [0.29, 0.717) is 5.56 Å². The monoisotopic (exact) mass is 402 g/mol. The second kappa shape index (κ2) is 8.85. The molecule has 3 rings (SSSR count). The number of carbonyl (C=O) groups is 1. The summed E-state index contributed by atoms with van der Waals surface area (Å²) in [6.07, 6.45) is 0.753. The van der Waals surface area contributed by atoms with Crippen LogP contribution in [0.3, 0.4) is 0 Å². The van der Waals surface area contributed by atoms with Crippen molar-refractivity contribution < 1.29 is 14.6 Å². The van der Waals surface area contributed by atoms with Crippen LogP contribution in [0.4, 0.5) is 0 Å². The van der Waals surface area contributed by atoms with E-state index in [1.165, 1.54) is 0 Å². The van der Waals surface area contributed by atoms with Crippen LogP contribution < -0.4 is 0 Å². The van der Waals surface area contributed by atoms with Crippen molar-refractivity contribution in [2.24, 2.45) is 0 Å². The number of aliphatic hydroxyl groups is 1. The van der Waals surface area contributed by atoms with Gasteiger partial charge >= 0.3 is 5.97 Å². The average Bonchev–Trinajstić information content (AvgIpc) is 2.74. The van der Waals surface area contributed by atoms with Crippen LogP contribution in [0, 0.1) is 0 Å². The van der Waals surface area contributed by atoms with Gasteiger partial charge < -0.3 is 9.84 Å². The van der Waals surface area contributed by atoms with Gasteiger partial charge in [0.05, 0.1) is 5.56 Å². The van der Waals surface area contributed by atoms with E-state index in [1.807, 2.05) is 81.4 Å². The van der Waals surface area contributed by atoms with Crippen LogP contribution in [0.5, 0.6) is 0 Å².